The van der Waals surface area contributed by atoms with Crippen molar-refractivity contribution >= 4 is 46.4 Å². The molecule has 1 fully saturated rings. The highest BCUT2D eigenvalue weighted by Gasteiger charge is 2.48. The molecule has 5 nitrogen and oxygen atoms in total. The predicted octanol–water partition coefficient (Wildman–Crippen LogP) is 4.52. The van der Waals surface area contributed by atoms with Crippen molar-refractivity contribution in [2.24, 2.45) is 11.8 Å². The molecule has 0 bridgehead atoms. The van der Waals surface area contributed by atoms with Crippen LogP contribution >= 0.6 is 23.2 Å². The Kier molecular flexibility index (Phi) is 5.39. The maximum Gasteiger partial charge on any atom is 0.228 e. The number of carbonyl (C=O) groups is 2. The molecule has 2 aromatic rings. The molecule has 0 radical (unpaired) electrons. The molecule has 2 aromatic carbocycles. The topological polar surface area (TPSA) is 67.4 Å². The third-order valence-corrected chi connectivity index (χ3v) is 4.64. The smallest absolute Gasteiger partial charge is 0.228 e. The highest BCUT2D eigenvalue weighted by Crippen LogP contribution is 2.41. The van der Waals surface area contributed by atoms with Crippen LogP contribution in [0.5, 0.6) is 5.75 Å². The lowest BCUT2D eigenvalue weighted by Gasteiger charge is -2.11. The molecule has 0 aromatic heterocycles. The lowest BCUT2D eigenvalue weighted by molar-refractivity contribution is -0.122. The summed E-state index contributed by atoms with van der Waals surface area (Å²) in [4.78, 5) is 24.8. The second-order valence-corrected chi connectivity index (χ2v) is 7.16. The summed E-state index contributed by atoms with van der Waals surface area (Å²) in [6.45, 7) is 1.93. The zero-order valence-corrected chi connectivity index (χ0v) is 15.8. The van der Waals surface area contributed by atoms with Crippen molar-refractivity contribution in [2.45, 2.75) is 13.3 Å². The molecule has 1 saturated carbocycles. The number of methoxy groups -OCH3 is 1. The quantitative estimate of drug-likeness (QED) is 0.785. The predicted molar refractivity (Wildman–Crippen MR) is 103 cm³/mol. The van der Waals surface area contributed by atoms with E-state index in [4.69, 9.17) is 27.9 Å². The number of anilines is 2. The van der Waals surface area contributed by atoms with Crippen LogP contribution in [0.15, 0.2) is 36.4 Å². The summed E-state index contributed by atoms with van der Waals surface area (Å²) in [5, 5.41) is 6.47. The average molecular weight is 393 g/mol. The highest BCUT2D eigenvalue weighted by molar-refractivity contribution is 6.35. The van der Waals surface area contributed by atoms with E-state index in [9.17, 15) is 9.59 Å². The zero-order chi connectivity index (χ0) is 18.8. The maximum atomic E-state index is 12.4. The Labute approximate surface area is 161 Å². The molecule has 3 rings (SSSR count). The molecule has 2 atom stereocenters. The van der Waals surface area contributed by atoms with Gasteiger partial charge in [-0.05, 0) is 49.2 Å². The van der Waals surface area contributed by atoms with E-state index in [0.29, 0.717) is 33.6 Å². The van der Waals surface area contributed by atoms with Crippen LogP contribution in [0.1, 0.15) is 12.0 Å². The van der Waals surface area contributed by atoms with Crippen molar-refractivity contribution < 1.29 is 14.3 Å². The number of aryl methyl sites for hydroxylation is 1. The Balaban J connectivity index is 1.62. The van der Waals surface area contributed by atoms with Gasteiger partial charge in [0.2, 0.25) is 11.8 Å². The largest absolute Gasteiger partial charge is 0.495 e. The minimum absolute atomic E-state index is 0.196. The Hall–Kier alpha value is -2.24. The molecule has 2 amide bonds. The molecule has 1 aliphatic carbocycles. The SMILES string of the molecule is COc1ccc(C)cc1NC(=O)C1CC1C(=O)Nc1cc(Cl)cc(Cl)c1. The highest BCUT2D eigenvalue weighted by atomic mass is 35.5. The van der Waals surface area contributed by atoms with Gasteiger partial charge in [0.1, 0.15) is 5.75 Å². The number of benzene rings is 2. The van der Waals surface area contributed by atoms with Crippen LogP contribution in [0.2, 0.25) is 10.0 Å². The van der Waals surface area contributed by atoms with Gasteiger partial charge in [-0.1, -0.05) is 29.3 Å². The van der Waals surface area contributed by atoms with Gasteiger partial charge in [0.05, 0.1) is 24.6 Å². The first-order valence-electron chi connectivity index (χ1n) is 8.10. The fraction of sp³-hybridized carbons (Fsp3) is 0.263. The molecular formula is C19H18Cl2N2O3. The molecule has 0 saturated heterocycles. The van der Waals surface area contributed by atoms with Gasteiger partial charge in [-0.25, -0.2) is 0 Å². The molecule has 2 N–H and O–H groups in total. The molecule has 0 aliphatic heterocycles. The zero-order valence-electron chi connectivity index (χ0n) is 14.3. The maximum absolute atomic E-state index is 12.4. The van der Waals surface area contributed by atoms with Crippen LogP contribution in [0, 0.1) is 18.8 Å². The van der Waals surface area contributed by atoms with Gasteiger partial charge in [-0.2, -0.15) is 0 Å². The second kappa shape index (κ2) is 7.56. The lowest BCUT2D eigenvalue weighted by Crippen LogP contribution is -2.20. The second-order valence-electron chi connectivity index (χ2n) is 6.29. The third-order valence-electron chi connectivity index (χ3n) is 4.21. The first-order chi connectivity index (χ1) is 12.4. The standard InChI is InChI=1S/C19H18Cl2N2O3/c1-10-3-4-17(26-2)16(5-10)23-19(25)15-9-14(15)18(24)22-13-7-11(20)6-12(21)8-13/h3-8,14-15H,9H2,1-2H3,(H,22,24)(H,23,25). The van der Waals surface area contributed by atoms with E-state index >= 15 is 0 Å². The molecule has 0 spiro atoms. The van der Waals surface area contributed by atoms with E-state index in [1.807, 2.05) is 19.1 Å². The number of halogens is 2. The lowest BCUT2D eigenvalue weighted by atomic mass is 10.2. The molecule has 26 heavy (non-hydrogen) atoms. The van der Waals surface area contributed by atoms with Crippen LogP contribution in [0.4, 0.5) is 11.4 Å². The van der Waals surface area contributed by atoms with Crippen LogP contribution in [0.3, 0.4) is 0 Å². The van der Waals surface area contributed by atoms with Crippen molar-refractivity contribution in [2.75, 3.05) is 17.7 Å². The first kappa shape index (κ1) is 18.5. The average Bonchev–Trinajstić information content (AvgIpc) is 3.35. The first-order valence-corrected chi connectivity index (χ1v) is 8.85. The summed E-state index contributed by atoms with van der Waals surface area (Å²) < 4.78 is 5.26. The molecule has 7 heteroatoms. The monoisotopic (exact) mass is 392 g/mol. The number of amides is 2. The Morgan fingerprint density at radius 3 is 2.23 bits per heavy atom. The van der Waals surface area contributed by atoms with Gasteiger partial charge in [-0.15, -0.1) is 0 Å². The van der Waals surface area contributed by atoms with Crippen molar-refractivity contribution in [1.29, 1.82) is 0 Å². The number of rotatable bonds is 5. The molecule has 0 heterocycles. The van der Waals surface area contributed by atoms with Gasteiger partial charge in [0.25, 0.3) is 0 Å². The van der Waals surface area contributed by atoms with Crippen LogP contribution in [-0.4, -0.2) is 18.9 Å². The molecule has 1 aliphatic rings. The van der Waals surface area contributed by atoms with Gasteiger partial charge in [0, 0.05) is 15.7 Å². The fourth-order valence-electron chi connectivity index (χ4n) is 2.78. The minimum atomic E-state index is -0.372. The van der Waals surface area contributed by atoms with E-state index < -0.39 is 0 Å². The van der Waals surface area contributed by atoms with Gasteiger partial charge in [0.15, 0.2) is 0 Å². The van der Waals surface area contributed by atoms with E-state index in [0.717, 1.165) is 5.56 Å². The van der Waals surface area contributed by atoms with Gasteiger partial charge >= 0.3 is 0 Å². The van der Waals surface area contributed by atoms with Crippen molar-refractivity contribution in [1.82, 2.24) is 0 Å². The number of hydrogen-bond donors (Lipinski definition) is 2. The molecule has 136 valence electrons. The van der Waals surface area contributed by atoms with Crippen LogP contribution in [0.25, 0.3) is 0 Å². The van der Waals surface area contributed by atoms with Crippen molar-refractivity contribution in [3.8, 4) is 5.75 Å². The van der Waals surface area contributed by atoms with Gasteiger partial charge in [-0.3, -0.25) is 9.59 Å². The Morgan fingerprint density at radius 2 is 1.62 bits per heavy atom. The van der Waals surface area contributed by atoms with Crippen molar-refractivity contribution in [3.63, 3.8) is 0 Å². The normalized spacial score (nSPS) is 18.2. The minimum Gasteiger partial charge on any atom is -0.495 e. The molecule has 2 unspecified atom stereocenters. The van der Waals surface area contributed by atoms with Crippen LogP contribution < -0.4 is 15.4 Å². The van der Waals surface area contributed by atoms with E-state index in [1.54, 1.807) is 31.4 Å². The fourth-order valence-corrected chi connectivity index (χ4v) is 3.31. The number of nitrogens with one attached hydrogen (secondary N) is 2. The van der Waals surface area contributed by atoms with E-state index in [1.165, 1.54) is 0 Å². The Morgan fingerprint density at radius 1 is 1.00 bits per heavy atom. The summed E-state index contributed by atoms with van der Waals surface area (Å²) >= 11 is 11.9. The summed E-state index contributed by atoms with van der Waals surface area (Å²) in [5.74, 6) is -0.574. The third kappa shape index (κ3) is 4.29. The summed E-state index contributed by atoms with van der Waals surface area (Å²) in [6, 6.07) is 10.3. The summed E-state index contributed by atoms with van der Waals surface area (Å²) in [7, 11) is 1.55. The van der Waals surface area contributed by atoms with E-state index in [2.05, 4.69) is 10.6 Å². The Bertz CT molecular complexity index is 850. The number of hydrogen-bond acceptors (Lipinski definition) is 3. The summed E-state index contributed by atoms with van der Waals surface area (Å²) in [6.07, 6.45) is 0.500. The summed E-state index contributed by atoms with van der Waals surface area (Å²) in [5.41, 5.74) is 2.12. The van der Waals surface area contributed by atoms with Crippen molar-refractivity contribution in [3.05, 3.63) is 52.0 Å². The van der Waals surface area contributed by atoms with Gasteiger partial charge < -0.3 is 15.4 Å². The van der Waals surface area contributed by atoms with Crippen LogP contribution in [-0.2, 0) is 9.59 Å². The molecular weight excluding hydrogens is 375 g/mol. The number of carbonyl (C=O) groups excluding carboxylic acids is 2. The van der Waals surface area contributed by atoms with E-state index in [-0.39, 0.29) is 23.7 Å². The number of ether oxygens (including phenoxy) is 1.